The van der Waals surface area contributed by atoms with Crippen LogP contribution in [0.3, 0.4) is 0 Å². The highest BCUT2D eigenvalue weighted by molar-refractivity contribution is 6.30. The topological polar surface area (TPSA) is 122 Å². The lowest BCUT2D eigenvalue weighted by Gasteiger charge is -2.27. The molecule has 1 fully saturated rings. The molecule has 10 nitrogen and oxygen atoms in total. The maximum Gasteiger partial charge on any atom is 0.422 e. The van der Waals surface area contributed by atoms with Crippen molar-refractivity contribution in [3.63, 3.8) is 0 Å². The van der Waals surface area contributed by atoms with Crippen LogP contribution in [0.4, 0.5) is 45.6 Å². The Balaban J connectivity index is 1.45. The van der Waals surface area contributed by atoms with Gasteiger partial charge in [0.05, 0.1) is 11.2 Å². The number of aromatic nitrogens is 3. The molecule has 15 heteroatoms. The SMILES string of the molecule is CC(C)(CNC(=O)OC(C)(C)C)CNc1ccc(Nc2nc(NC3(c4ccc(Cl)cc4)CC3)nc(OCC(F)(F)F)n2)c(F)c1. The summed E-state index contributed by atoms with van der Waals surface area (Å²) in [6.45, 7) is 8.26. The van der Waals surface area contributed by atoms with Gasteiger partial charge in [0.25, 0.3) is 0 Å². The number of ether oxygens (including phenoxy) is 2. The van der Waals surface area contributed by atoms with Crippen LogP contribution in [0.5, 0.6) is 6.01 Å². The average Bonchev–Trinajstić information content (AvgIpc) is 3.70. The monoisotopic (exact) mass is 653 g/mol. The van der Waals surface area contributed by atoms with E-state index in [0.717, 1.165) is 18.4 Å². The van der Waals surface area contributed by atoms with E-state index in [4.69, 9.17) is 21.1 Å². The van der Waals surface area contributed by atoms with Gasteiger partial charge < -0.3 is 30.7 Å². The summed E-state index contributed by atoms with van der Waals surface area (Å²) >= 11 is 6.01. The third-order valence-electron chi connectivity index (χ3n) is 6.57. The number of halogens is 5. The van der Waals surface area contributed by atoms with Crippen LogP contribution in [0.2, 0.25) is 5.02 Å². The van der Waals surface area contributed by atoms with E-state index >= 15 is 4.39 Å². The molecule has 0 aliphatic heterocycles. The number of nitrogens with zero attached hydrogens (tertiary/aromatic N) is 3. The number of carbonyl (C=O) groups excluding carboxylic acids is 1. The maximum absolute atomic E-state index is 15.2. The van der Waals surface area contributed by atoms with Gasteiger partial charge in [-0.2, -0.15) is 28.1 Å². The van der Waals surface area contributed by atoms with E-state index in [1.54, 1.807) is 39.0 Å². The van der Waals surface area contributed by atoms with Crippen molar-refractivity contribution in [1.29, 1.82) is 0 Å². The molecular weight excluding hydrogens is 618 g/mol. The highest BCUT2D eigenvalue weighted by Gasteiger charge is 2.45. The molecule has 1 aliphatic carbocycles. The van der Waals surface area contributed by atoms with Gasteiger partial charge in [-0.25, -0.2) is 9.18 Å². The molecule has 2 aromatic carbocycles. The third kappa shape index (κ3) is 10.5. The van der Waals surface area contributed by atoms with Crippen molar-refractivity contribution < 1.29 is 31.8 Å². The van der Waals surface area contributed by atoms with Gasteiger partial charge in [0.1, 0.15) is 11.4 Å². The largest absolute Gasteiger partial charge is 0.454 e. The van der Waals surface area contributed by atoms with Crippen LogP contribution in [0.25, 0.3) is 0 Å². The lowest BCUT2D eigenvalue weighted by Crippen LogP contribution is -2.40. The Morgan fingerprint density at radius 2 is 1.62 bits per heavy atom. The maximum atomic E-state index is 15.2. The number of alkyl halides is 3. The fourth-order valence-corrected chi connectivity index (χ4v) is 4.28. The van der Waals surface area contributed by atoms with Crippen LogP contribution in [0.15, 0.2) is 42.5 Å². The molecule has 244 valence electrons. The minimum atomic E-state index is -4.62. The third-order valence-corrected chi connectivity index (χ3v) is 6.83. The number of amides is 1. The molecule has 0 saturated heterocycles. The summed E-state index contributed by atoms with van der Waals surface area (Å²) in [5.41, 5.74) is -0.223. The van der Waals surface area contributed by atoms with Crippen LogP contribution in [-0.4, -0.2) is 52.5 Å². The average molecular weight is 654 g/mol. The van der Waals surface area contributed by atoms with E-state index in [-0.39, 0.29) is 17.6 Å². The zero-order valence-electron chi connectivity index (χ0n) is 25.5. The smallest absolute Gasteiger partial charge is 0.422 e. The summed E-state index contributed by atoms with van der Waals surface area (Å²) in [6.07, 6.45) is -3.71. The van der Waals surface area contributed by atoms with Crippen molar-refractivity contribution in [3.05, 3.63) is 58.9 Å². The second-order valence-electron chi connectivity index (χ2n) is 12.6. The number of carbonyl (C=O) groups is 1. The molecule has 0 atom stereocenters. The molecule has 4 rings (SSSR count). The predicted molar refractivity (Wildman–Crippen MR) is 164 cm³/mol. The number of rotatable bonds is 12. The predicted octanol–water partition coefficient (Wildman–Crippen LogP) is 7.41. The number of anilines is 4. The zero-order valence-corrected chi connectivity index (χ0v) is 26.3. The van der Waals surface area contributed by atoms with Gasteiger partial charge in [-0.3, -0.25) is 0 Å². The molecule has 1 aliphatic rings. The van der Waals surface area contributed by atoms with Crippen LogP contribution in [0, 0.1) is 11.2 Å². The Morgan fingerprint density at radius 1 is 0.956 bits per heavy atom. The Bertz CT molecular complexity index is 1490. The van der Waals surface area contributed by atoms with Gasteiger partial charge >= 0.3 is 18.3 Å². The highest BCUT2D eigenvalue weighted by atomic mass is 35.5. The molecule has 1 amide bonds. The molecule has 4 N–H and O–H groups in total. The first-order valence-corrected chi connectivity index (χ1v) is 14.6. The molecule has 0 radical (unpaired) electrons. The van der Waals surface area contributed by atoms with Crippen molar-refractivity contribution in [2.24, 2.45) is 5.41 Å². The first kappa shape index (κ1) is 33.8. The first-order chi connectivity index (χ1) is 20.9. The standard InChI is InChI=1S/C30H36ClF4N7O3/c1-27(2,3)45-26(43)37-16-28(4,5)15-36-20-10-11-22(21(32)14-20)38-23-39-24(41-25(40-23)44-17-30(33,34)35)42-29(12-13-29)18-6-8-19(31)9-7-18/h6-11,14,36H,12-13,15-17H2,1-5H3,(H,37,43)(H2,38,39,40,41,42). The van der Waals surface area contributed by atoms with Gasteiger partial charge in [-0.1, -0.05) is 37.6 Å². The summed E-state index contributed by atoms with van der Waals surface area (Å²) in [5, 5.41) is 12.3. The molecule has 1 saturated carbocycles. The second kappa shape index (κ2) is 13.1. The number of hydrogen-bond acceptors (Lipinski definition) is 9. The number of alkyl carbamates (subject to hydrolysis) is 1. The van der Waals surface area contributed by atoms with Crippen LogP contribution < -0.4 is 26.0 Å². The van der Waals surface area contributed by atoms with Crippen molar-refractivity contribution in [2.75, 3.05) is 35.6 Å². The molecule has 45 heavy (non-hydrogen) atoms. The molecule has 1 heterocycles. The molecule has 1 aromatic heterocycles. The summed E-state index contributed by atoms with van der Waals surface area (Å²) in [7, 11) is 0. The van der Waals surface area contributed by atoms with E-state index < -0.39 is 47.3 Å². The Labute approximate surface area is 263 Å². The number of hydrogen-bond donors (Lipinski definition) is 4. The van der Waals surface area contributed by atoms with E-state index in [2.05, 4.69) is 36.2 Å². The normalized spacial score (nSPS) is 14.4. The van der Waals surface area contributed by atoms with Crippen molar-refractivity contribution >= 4 is 41.0 Å². The summed E-state index contributed by atoms with van der Waals surface area (Å²) in [5.74, 6) is -0.930. The van der Waals surface area contributed by atoms with Crippen LogP contribution in [-0.2, 0) is 10.3 Å². The molecule has 0 spiro atoms. The van der Waals surface area contributed by atoms with Gasteiger partial charge in [-0.15, -0.1) is 0 Å². The minimum Gasteiger partial charge on any atom is -0.454 e. The lowest BCUT2D eigenvalue weighted by molar-refractivity contribution is -0.154. The van der Waals surface area contributed by atoms with E-state index in [1.165, 1.54) is 12.1 Å². The summed E-state index contributed by atoms with van der Waals surface area (Å²) in [4.78, 5) is 24.2. The lowest BCUT2D eigenvalue weighted by atomic mass is 9.93. The van der Waals surface area contributed by atoms with E-state index in [1.807, 2.05) is 26.0 Å². The number of benzene rings is 2. The minimum absolute atomic E-state index is 0.0239. The Morgan fingerprint density at radius 3 is 2.22 bits per heavy atom. The first-order valence-electron chi connectivity index (χ1n) is 14.2. The van der Waals surface area contributed by atoms with Crippen LogP contribution in [0.1, 0.15) is 53.0 Å². The quantitative estimate of drug-likeness (QED) is 0.148. The van der Waals surface area contributed by atoms with Gasteiger partial charge in [0.2, 0.25) is 11.9 Å². The van der Waals surface area contributed by atoms with Gasteiger partial charge in [0, 0.05) is 23.8 Å². The highest BCUT2D eigenvalue weighted by Crippen LogP contribution is 2.48. The second-order valence-corrected chi connectivity index (χ2v) is 13.0. The number of nitrogens with one attached hydrogen (secondary N) is 4. The molecule has 3 aromatic rings. The fraction of sp³-hybridized carbons (Fsp3) is 0.467. The van der Waals surface area contributed by atoms with Gasteiger partial charge in [0.15, 0.2) is 6.61 Å². The molecular formula is C30H36ClF4N7O3. The van der Waals surface area contributed by atoms with Crippen molar-refractivity contribution in [1.82, 2.24) is 20.3 Å². The summed E-state index contributed by atoms with van der Waals surface area (Å²) < 4.78 is 63.8. The van der Waals surface area contributed by atoms with Crippen molar-refractivity contribution in [3.8, 4) is 6.01 Å². The fourth-order valence-electron chi connectivity index (χ4n) is 4.15. The van der Waals surface area contributed by atoms with Crippen LogP contribution >= 0.6 is 11.6 Å². The van der Waals surface area contributed by atoms with E-state index in [9.17, 15) is 18.0 Å². The van der Waals surface area contributed by atoms with Gasteiger partial charge in [-0.05, 0) is 74.9 Å². The Kier molecular flexibility index (Phi) is 9.85. The zero-order chi connectivity index (χ0) is 33.0. The summed E-state index contributed by atoms with van der Waals surface area (Å²) in [6, 6.07) is 10.9. The van der Waals surface area contributed by atoms with E-state index in [0.29, 0.717) is 23.8 Å². The molecule has 0 unspecified atom stereocenters. The Hall–Kier alpha value is -4.07. The van der Waals surface area contributed by atoms with Crippen molar-refractivity contribution in [2.45, 2.75) is 64.8 Å². The molecule has 0 bridgehead atoms.